The highest BCUT2D eigenvalue weighted by Gasteiger charge is 2.31. The molecule has 1 atom stereocenters. The smallest absolute Gasteiger partial charge is 0.341 e. The molecule has 0 saturated heterocycles. The summed E-state index contributed by atoms with van der Waals surface area (Å²) < 4.78 is 11.2. The fourth-order valence-electron chi connectivity index (χ4n) is 3.77. The Morgan fingerprint density at radius 2 is 1.73 bits per heavy atom. The molecular weight excluding hydrogens is 552 g/mol. The monoisotopic (exact) mass is 582 g/mol. The van der Waals surface area contributed by atoms with Gasteiger partial charge in [-0.25, -0.2) is 4.79 Å². The Labute approximate surface area is 241 Å². The van der Waals surface area contributed by atoms with Gasteiger partial charge < -0.3 is 42.4 Å². The average Bonchev–Trinajstić information content (AvgIpc) is 2.91. The van der Waals surface area contributed by atoms with Crippen LogP contribution in [0.3, 0.4) is 0 Å². The summed E-state index contributed by atoms with van der Waals surface area (Å²) >= 11 is 6.19. The maximum Gasteiger partial charge on any atom is 0.341 e. The molecule has 0 aliphatic carbocycles. The molecule has 0 aliphatic rings. The zero-order chi connectivity index (χ0) is 30.3. The molecule has 0 heterocycles. The molecule has 3 rings (SSSR count). The van der Waals surface area contributed by atoms with E-state index >= 15 is 0 Å². The summed E-state index contributed by atoms with van der Waals surface area (Å²) in [5, 5.41) is 23.0. The summed E-state index contributed by atoms with van der Waals surface area (Å²) in [6.07, 6.45) is 0. The molecule has 12 nitrogen and oxygen atoms in total. The van der Waals surface area contributed by atoms with Crippen LogP contribution >= 0.6 is 11.6 Å². The van der Waals surface area contributed by atoms with Gasteiger partial charge in [-0.05, 0) is 74.0 Å². The number of nitrogens with one attached hydrogen (secondary N) is 3. The van der Waals surface area contributed by atoms with Crippen molar-refractivity contribution in [1.82, 2.24) is 0 Å². The van der Waals surface area contributed by atoms with Crippen molar-refractivity contribution in [2.45, 2.75) is 25.9 Å². The van der Waals surface area contributed by atoms with Crippen LogP contribution in [0.4, 0.5) is 11.4 Å². The number of amides is 2. The lowest BCUT2D eigenvalue weighted by atomic mass is 9.90. The van der Waals surface area contributed by atoms with Crippen LogP contribution in [-0.2, 0) is 21.7 Å². The first-order chi connectivity index (χ1) is 19.3. The molecule has 0 aromatic heterocycles. The van der Waals surface area contributed by atoms with Crippen molar-refractivity contribution in [2.24, 2.45) is 17.2 Å². The fourth-order valence-corrected chi connectivity index (χ4v) is 3.95. The van der Waals surface area contributed by atoms with Gasteiger partial charge in [0.25, 0.3) is 5.91 Å². The molecule has 2 amide bonds. The predicted octanol–water partition coefficient (Wildman–Crippen LogP) is 3.01. The zero-order valence-electron chi connectivity index (χ0n) is 22.4. The number of halogens is 1. The number of carboxylic acids is 1. The molecule has 1 unspecified atom stereocenters. The molecule has 0 saturated carbocycles. The van der Waals surface area contributed by atoms with Crippen LogP contribution in [0, 0.1) is 5.41 Å². The number of primary amides is 1. The Morgan fingerprint density at radius 1 is 1.05 bits per heavy atom. The van der Waals surface area contributed by atoms with Gasteiger partial charge in [-0.1, -0.05) is 11.6 Å². The van der Waals surface area contributed by atoms with E-state index in [4.69, 9.17) is 43.7 Å². The van der Waals surface area contributed by atoms with Crippen molar-refractivity contribution >= 4 is 46.6 Å². The summed E-state index contributed by atoms with van der Waals surface area (Å²) in [4.78, 5) is 36.6. The predicted molar refractivity (Wildman–Crippen MR) is 156 cm³/mol. The maximum atomic E-state index is 13.2. The number of carbonyl (C=O) groups excluding carboxylic acids is 2. The quantitative estimate of drug-likeness (QED) is 0.116. The first kappa shape index (κ1) is 30.7. The first-order valence-electron chi connectivity index (χ1n) is 12.4. The van der Waals surface area contributed by atoms with E-state index in [2.05, 4.69) is 10.6 Å². The third kappa shape index (κ3) is 7.65. The third-order valence-corrected chi connectivity index (χ3v) is 6.27. The number of rotatable bonds is 13. The number of amidine groups is 1. The zero-order valence-corrected chi connectivity index (χ0v) is 23.2. The van der Waals surface area contributed by atoms with Gasteiger partial charge in [0.2, 0.25) is 5.91 Å². The van der Waals surface area contributed by atoms with Gasteiger partial charge in [-0.3, -0.25) is 15.0 Å². The van der Waals surface area contributed by atoms with Gasteiger partial charge in [-0.15, -0.1) is 0 Å². The molecule has 216 valence electrons. The molecule has 41 heavy (non-hydrogen) atoms. The van der Waals surface area contributed by atoms with Crippen molar-refractivity contribution < 1.29 is 29.0 Å². The van der Waals surface area contributed by atoms with Gasteiger partial charge in [0, 0.05) is 34.1 Å². The van der Waals surface area contributed by atoms with Crippen LogP contribution in [0.1, 0.15) is 40.9 Å². The van der Waals surface area contributed by atoms with Gasteiger partial charge in [0.15, 0.2) is 18.1 Å². The van der Waals surface area contributed by atoms with Gasteiger partial charge in [0.05, 0.1) is 12.2 Å². The Balaban J connectivity index is 1.98. The largest absolute Gasteiger partial charge is 0.490 e. The third-order valence-electron chi connectivity index (χ3n) is 6.03. The lowest BCUT2D eigenvalue weighted by Crippen LogP contribution is -2.46. The lowest BCUT2D eigenvalue weighted by molar-refractivity contribution is -0.139. The second-order valence-corrected chi connectivity index (χ2v) is 9.57. The van der Waals surface area contributed by atoms with Crippen molar-refractivity contribution in [2.75, 3.05) is 23.8 Å². The lowest BCUT2D eigenvalue weighted by Gasteiger charge is -2.25. The van der Waals surface area contributed by atoms with Crippen molar-refractivity contribution in [1.29, 1.82) is 5.41 Å². The number of anilines is 2. The molecule has 13 heteroatoms. The number of nitrogen functional groups attached to an aromatic ring is 1. The second-order valence-electron chi connectivity index (χ2n) is 9.13. The molecule has 3 aromatic rings. The van der Waals surface area contributed by atoms with Crippen molar-refractivity contribution in [3.8, 4) is 11.5 Å². The molecule has 0 radical (unpaired) electrons. The molecule has 0 aliphatic heterocycles. The number of ether oxygens (including phenoxy) is 2. The summed E-state index contributed by atoms with van der Waals surface area (Å²) in [5.41, 5.74) is 17.9. The first-order valence-corrected chi connectivity index (χ1v) is 12.7. The van der Waals surface area contributed by atoms with Crippen LogP contribution in [0.5, 0.6) is 11.5 Å². The minimum atomic E-state index is -1.57. The van der Waals surface area contributed by atoms with E-state index < -0.39 is 29.9 Å². The highest BCUT2D eigenvalue weighted by Crippen LogP contribution is 2.37. The van der Waals surface area contributed by atoms with Crippen LogP contribution in [0.25, 0.3) is 0 Å². The minimum absolute atomic E-state index is 0.00687. The van der Waals surface area contributed by atoms with E-state index in [1.165, 1.54) is 19.1 Å². The van der Waals surface area contributed by atoms with Crippen LogP contribution in [-0.4, -0.2) is 41.9 Å². The van der Waals surface area contributed by atoms with Crippen LogP contribution in [0.2, 0.25) is 5.02 Å². The fraction of sp³-hybridized carbons (Fsp3) is 0.214. The maximum absolute atomic E-state index is 13.2. The minimum Gasteiger partial charge on any atom is -0.490 e. The van der Waals surface area contributed by atoms with Gasteiger partial charge in [0.1, 0.15) is 11.4 Å². The number of aliphatic carboxylic acids is 1. The molecule has 0 fully saturated rings. The van der Waals surface area contributed by atoms with Crippen LogP contribution in [0.15, 0.2) is 54.6 Å². The van der Waals surface area contributed by atoms with Crippen molar-refractivity contribution in [3.63, 3.8) is 0 Å². The number of hydrogen-bond donors (Lipinski definition) is 7. The highest BCUT2D eigenvalue weighted by atomic mass is 35.5. The van der Waals surface area contributed by atoms with Crippen LogP contribution < -0.4 is 37.3 Å². The summed E-state index contributed by atoms with van der Waals surface area (Å²) in [5.74, 6) is -2.27. The number of benzene rings is 3. The number of hydrogen-bond acceptors (Lipinski definition) is 8. The van der Waals surface area contributed by atoms with Gasteiger partial charge >= 0.3 is 5.97 Å². The Hall–Kier alpha value is -4.81. The van der Waals surface area contributed by atoms with E-state index in [0.717, 1.165) is 0 Å². The van der Waals surface area contributed by atoms with E-state index in [0.29, 0.717) is 33.1 Å². The average molecular weight is 583 g/mol. The standard InChI is InChI=1S/C28H31ClN6O6/c1-3-40-22-11-17(28(2,33)27(32)39)10-16(24(22)41-14-23(36)37)13-34-21-9-6-18(29)12-20(21)26(38)35-19-7-4-15(5-8-19)25(30)31/h4-12,34H,3,13-14,33H2,1-2H3,(H3,30,31)(H2,32,39)(H,35,38)(H,36,37). The molecule has 0 spiro atoms. The normalized spacial score (nSPS) is 12.1. The Morgan fingerprint density at radius 3 is 2.32 bits per heavy atom. The van der Waals surface area contributed by atoms with E-state index in [-0.39, 0.29) is 36.0 Å². The molecule has 3 aromatic carbocycles. The van der Waals surface area contributed by atoms with E-state index in [9.17, 15) is 19.5 Å². The second kappa shape index (κ2) is 13.0. The van der Waals surface area contributed by atoms with Gasteiger partial charge in [-0.2, -0.15) is 0 Å². The molecule has 10 N–H and O–H groups in total. The van der Waals surface area contributed by atoms with Crippen molar-refractivity contribution in [3.05, 3.63) is 81.9 Å². The Kier molecular flexibility index (Phi) is 9.76. The number of carboxylic acid groups (broad SMARTS) is 1. The summed E-state index contributed by atoms with van der Waals surface area (Å²) in [6, 6.07) is 14.2. The molecule has 0 bridgehead atoms. The summed E-state index contributed by atoms with van der Waals surface area (Å²) in [7, 11) is 0. The summed E-state index contributed by atoms with van der Waals surface area (Å²) in [6.45, 7) is 2.74. The number of nitrogens with two attached hydrogens (primary N) is 3. The van der Waals surface area contributed by atoms with E-state index in [1.54, 1.807) is 49.4 Å². The topological polar surface area (TPSA) is 216 Å². The number of carbonyl (C=O) groups is 3. The SMILES string of the molecule is CCOc1cc(C(C)(N)C(N)=O)cc(CNc2ccc(Cl)cc2C(=O)Nc2ccc(C(=N)N)cc2)c1OCC(=O)O. The Bertz CT molecular complexity index is 1480. The highest BCUT2D eigenvalue weighted by molar-refractivity contribution is 6.31. The van der Waals surface area contributed by atoms with E-state index in [1.807, 2.05) is 0 Å². The molecular formula is C28H31ClN6O6.